The molecule has 0 amide bonds. The first kappa shape index (κ1) is 20.7. The Morgan fingerprint density at radius 1 is 1.03 bits per heavy atom. The van der Waals surface area contributed by atoms with Crippen LogP contribution in [0.25, 0.3) is 0 Å². The molecule has 152 valence electrons. The van der Waals surface area contributed by atoms with Crippen molar-refractivity contribution in [3.8, 4) is 0 Å². The first-order valence-corrected chi connectivity index (χ1v) is 10.5. The number of sulfonamides is 1. The fourth-order valence-electron chi connectivity index (χ4n) is 2.83. The number of ether oxygens (including phenoxy) is 1. The van der Waals surface area contributed by atoms with Gasteiger partial charge < -0.3 is 4.74 Å². The molecule has 0 radical (unpaired) electrons. The maximum Gasteiger partial charge on any atom is 0.328 e. The molecule has 1 aliphatic rings. The summed E-state index contributed by atoms with van der Waals surface area (Å²) in [6.45, 7) is 5.44. The van der Waals surface area contributed by atoms with Crippen molar-refractivity contribution < 1.29 is 22.7 Å². The topological polar surface area (TPSA) is 102 Å². The van der Waals surface area contributed by atoms with Gasteiger partial charge in [-0.15, -0.1) is 0 Å². The minimum Gasteiger partial charge on any atom is -0.456 e. The largest absolute Gasteiger partial charge is 0.456 e. The van der Waals surface area contributed by atoms with Gasteiger partial charge in [0.1, 0.15) is 12.4 Å². The van der Waals surface area contributed by atoms with Crippen molar-refractivity contribution in [2.24, 2.45) is 4.99 Å². The minimum absolute atomic E-state index is 0.0203. The van der Waals surface area contributed by atoms with Crippen LogP contribution < -0.4 is 4.72 Å². The van der Waals surface area contributed by atoms with Gasteiger partial charge in [-0.3, -0.25) is 19.3 Å². The van der Waals surface area contributed by atoms with Crippen LogP contribution in [0.4, 0.5) is 0 Å². The Morgan fingerprint density at radius 3 is 2.34 bits per heavy atom. The molecule has 0 unspecified atom stereocenters. The van der Waals surface area contributed by atoms with E-state index < -0.39 is 29.1 Å². The molecular formula is C21H22N2O5S. The molecule has 0 aliphatic carbocycles. The minimum atomic E-state index is -3.67. The number of nitrogens with zero attached hydrogens (tertiary/aromatic N) is 1. The lowest BCUT2D eigenvalue weighted by Crippen LogP contribution is -2.24. The van der Waals surface area contributed by atoms with Crippen LogP contribution in [-0.2, 0) is 25.0 Å². The van der Waals surface area contributed by atoms with Crippen LogP contribution in [0.1, 0.15) is 42.3 Å². The third-order valence-corrected chi connectivity index (χ3v) is 5.86. The van der Waals surface area contributed by atoms with Crippen LogP contribution in [-0.4, -0.2) is 39.2 Å². The Balaban J connectivity index is 1.58. The van der Waals surface area contributed by atoms with Crippen molar-refractivity contribution in [3.05, 3.63) is 65.2 Å². The van der Waals surface area contributed by atoms with E-state index in [0.717, 1.165) is 5.56 Å². The quantitative estimate of drug-likeness (QED) is 0.598. The first-order chi connectivity index (χ1) is 13.6. The van der Waals surface area contributed by atoms with E-state index in [1.165, 1.54) is 6.07 Å². The molecule has 7 nitrogen and oxygen atoms in total. The van der Waals surface area contributed by atoms with Gasteiger partial charge in [0, 0.05) is 11.1 Å². The molecule has 0 saturated carbocycles. The normalized spacial score (nSPS) is 16.2. The van der Waals surface area contributed by atoms with Gasteiger partial charge in [-0.2, -0.15) is 0 Å². The second kappa shape index (κ2) is 7.79. The molecule has 3 rings (SSSR count). The average Bonchev–Trinajstić information content (AvgIpc) is 2.94. The number of fused-ring (bicyclic) bond motifs is 1. The van der Waals surface area contributed by atoms with Gasteiger partial charge in [-0.05, 0) is 23.1 Å². The molecular weight excluding hydrogens is 392 g/mol. The zero-order chi connectivity index (χ0) is 21.2. The summed E-state index contributed by atoms with van der Waals surface area (Å²) in [5, 5.41) is 0. The maximum atomic E-state index is 12.2. The average molecular weight is 414 g/mol. The summed E-state index contributed by atoms with van der Waals surface area (Å²) >= 11 is 0. The predicted octanol–water partition coefficient (Wildman–Crippen LogP) is 2.45. The van der Waals surface area contributed by atoms with E-state index in [1.807, 2.05) is 12.1 Å². The molecule has 0 saturated heterocycles. The Morgan fingerprint density at radius 2 is 1.69 bits per heavy atom. The summed E-state index contributed by atoms with van der Waals surface area (Å²) in [7, 11) is -3.67. The van der Waals surface area contributed by atoms with Crippen LogP contribution in [0.3, 0.4) is 0 Å². The lowest BCUT2D eigenvalue weighted by molar-refractivity contribution is -0.140. The molecule has 0 fully saturated rings. The van der Waals surface area contributed by atoms with E-state index in [0.29, 0.717) is 11.1 Å². The monoisotopic (exact) mass is 414 g/mol. The smallest absolute Gasteiger partial charge is 0.328 e. The van der Waals surface area contributed by atoms with Crippen LogP contribution in [0.15, 0.2) is 58.4 Å². The van der Waals surface area contributed by atoms with Crippen LogP contribution >= 0.6 is 0 Å². The fraction of sp³-hybridized carbons (Fsp3) is 0.286. The highest BCUT2D eigenvalue weighted by Crippen LogP contribution is 2.23. The Bertz CT molecular complexity index is 1080. The summed E-state index contributed by atoms with van der Waals surface area (Å²) in [5.74, 6) is -0.958. The summed E-state index contributed by atoms with van der Waals surface area (Å²) in [6.07, 6.45) is 0. The van der Waals surface area contributed by atoms with Gasteiger partial charge in [0.25, 0.3) is 10.0 Å². The maximum absolute atomic E-state index is 12.2. The van der Waals surface area contributed by atoms with Crippen molar-refractivity contribution in [3.63, 3.8) is 0 Å². The molecule has 2 aromatic carbocycles. The van der Waals surface area contributed by atoms with E-state index in [2.05, 4.69) is 30.5 Å². The zero-order valence-corrected chi connectivity index (χ0v) is 17.2. The van der Waals surface area contributed by atoms with Gasteiger partial charge in [-0.25, -0.2) is 8.42 Å². The highest BCUT2D eigenvalue weighted by Gasteiger charge is 2.30. The molecule has 0 aromatic heterocycles. The first-order valence-electron chi connectivity index (χ1n) is 9.04. The molecule has 1 N–H and O–H groups in total. The molecule has 1 heterocycles. The van der Waals surface area contributed by atoms with Crippen molar-refractivity contribution in [2.75, 3.05) is 13.2 Å². The Kier molecular flexibility index (Phi) is 5.57. The predicted molar refractivity (Wildman–Crippen MR) is 109 cm³/mol. The summed E-state index contributed by atoms with van der Waals surface area (Å²) in [4.78, 5) is 28.3. The van der Waals surface area contributed by atoms with Gasteiger partial charge in [0.15, 0.2) is 12.4 Å². The fourth-order valence-corrected chi connectivity index (χ4v) is 4.08. The molecule has 0 bridgehead atoms. The van der Waals surface area contributed by atoms with Crippen LogP contribution in [0.5, 0.6) is 0 Å². The Labute approximate surface area is 169 Å². The molecule has 8 heteroatoms. The van der Waals surface area contributed by atoms with Crippen LogP contribution in [0.2, 0.25) is 0 Å². The van der Waals surface area contributed by atoms with E-state index in [1.54, 1.807) is 30.3 Å². The second-order valence-corrected chi connectivity index (χ2v) is 9.33. The van der Waals surface area contributed by atoms with E-state index in [-0.39, 0.29) is 21.9 Å². The third kappa shape index (κ3) is 4.71. The third-order valence-electron chi connectivity index (χ3n) is 4.47. The molecule has 29 heavy (non-hydrogen) atoms. The number of rotatable bonds is 5. The number of nitrogens with one attached hydrogen (secondary N) is 1. The number of Topliss-reactive ketones (excluding diaryl/α,β-unsaturated/α-hetero) is 1. The number of hydrogen-bond acceptors (Lipinski definition) is 6. The lowest BCUT2D eigenvalue weighted by atomic mass is 9.86. The number of carbonyl (C=O) groups is 2. The van der Waals surface area contributed by atoms with E-state index >= 15 is 0 Å². The molecule has 0 spiro atoms. The highest BCUT2D eigenvalue weighted by molar-refractivity contribution is 7.90. The Hall–Kier alpha value is -3.00. The molecule has 0 atom stereocenters. The number of aliphatic imine (C=N–C) groups is 1. The SMILES string of the molecule is CC(C)(C)c1ccc(C(=O)COC(=O)CN=C2NS(=O)(=O)c3ccccc32)cc1. The van der Waals surface area contributed by atoms with E-state index in [4.69, 9.17) is 4.74 Å². The van der Waals surface area contributed by atoms with Crippen molar-refractivity contribution in [1.29, 1.82) is 0 Å². The highest BCUT2D eigenvalue weighted by atomic mass is 32.2. The number of carbonyl (C=O) groups excluding carboxylic acids is 2. The van der Waals surface area contributed by atoms with Crippen LogP contribution in [0, 0.1) is 0 Å². The summed E-state index contributed by atoms with van der Waals surface area (Å²) < 4.78 is 31.3. The standard InChI is InChI=1S/C21H22N2O5S/c1-21(2,3)15-10-8-14(9-11-15)17(24)13-28-19(25)12-22-20-16-6-4-5-7-18(16)29(26,27)23-20/h4-11H,12-13H2,1-3H3,(H,22,23). The second-order valence-electron chi connectivity index (χ2n) is 7.68. The lowest BCUT2D eigenvalue weighted by Gasteiger charge is -2.18. The summed E-state index contributed by atoms with van der Waals surface area (Å²) in [6, 6.07) is 13.5. The van der Waals surface area contributed by atoms with Crippen molar-refractivity contribution in [2.45, 2.75) is 31.1 Å². The van der Waals surface area contributed by atoms with Gasteiger partial charge in [0.05, 0.1) is 4.90 Å². The van der Waals surface area contributed by atoms with E-state index in [9.17, 15) is 18.0 Å². The van der Waals surface area contributed by atoms with Gasteiger partial charge >= 0.3 is 5.97 Å². The zero-order valence-electron chi connectivity index (χ0n) is 16.4. The molecule has 1 aliphatic heterocycles. The van der Waals surface area contributed by atoms with Crippen molar-refractivity contribution >= 4 is 27.6 Å². The summed E-state index contributed by atoms with van der Waals surface area (Å²) in [5.41, 5.74) is 1.93. The number of esters is 1. The number of amidine groups is 1. The van der Waals surface area contributed by atoms with Gasteiger partial charge in [0.2, 0.25) is 0 Å². The van der Waals surface area contributed by atoms with Crippen molar-refractivity contribution in [1.82, 2.24) is 4.72 Å². The number of ketones is 1. The van der Waals surface area contributed by atoms with Gasteiger partial charge in [-0.1, -0.05) is 57.2 Å². The molecule has 2 aromatic rings. The number of benzene rings is 2. The number of hydrogen-bond donors (Lipinski definition) is 1.